The van der Waals surface area contributed by atoms with E-state index in [-0.39, 0.29) is 42.8 Å². The summed E-state index contributed by atoms with van der Waals surface area (Å²) in [6.45, 7) is 3.06. The van der Waals surface area contributed by atoms with Crippen molar-refractivity contribution in [2.24, 2.45) is 10.7 Å². The smallest absolute Gasteiger partial charge is 0 e. The zero-order valence-corrected chi connectivity index (χ0v) is 8.97. The maximum atomic E-state index is 6.76. The summed E-state index contributed by atoms with van der Waals surface area (Å²) in [7, 11) is 0. The van der Waals surface area contributed by atoms with Crippen LogP contribution in [0, 0.1) is 48.4 Å². The van der Waals surface area contributed by atoms with Gasteiger partial charge in [0.15, 0.2) is 0 Å². The van der Waals surface area contributed by atoms with Crippen molar-refractivity contribution in [2.75, 3.05) is 0 Å². The number of nitrogens with one attached hydrogen (secondary N) is 2. The van der Waals surface area contributed by atoms with Gasteiger partial charge in [-0.2, -0.15) is 0 Å². The molecule has 0 aliphatic heterocycles. The summed E-state index contributed by atoms with van der Waals surface area (Å²) in [6, 6.07) is 0. The molecule has 0 aromatic heterocycles. The molecule has 0 heterocycles. The van der Waals surface area contributed by atoms with Gasteiger partial charge in [-0.1, -0.05) is 0 Å². The van der Waals surface area contributed by atoms with Crippen molar-refractivity contribution in [1.29, 1.82) is 10.8 Å². The van der Waals surface area contributed by atoms with Crippen molar-refractivity contribution < 1.29 is 31.1 Å². The third-order valence-electron chi connectivity index (χ3n) is 0.463. The molecule has 4 N–H and O–H groups in total. The van der Waals surface area contributed by atoms with Gasteiger partial charge in [-0.05, 0) is 18.4 Å². The zero-order valence-electron chi connectivity index (χ0n) is 4.81. The van der Waals surface area contributed by atoms with Crippen molar-refractivity contribution >= 4 is 18.4 Å². The van der Waals surface area contributed by atoms with Crippen LogP contribution in [-0.4, -0.2) is 18.4 Å². The molecule has 0 aliphatic carbocycles. The van der Waals surface area contributed by atoms with Crippen LogP contribution in [0.15, 0.2) is 4.99 Å². The standard InChI is InChI=1S/C4H7N4.U/c1-8-4(7)2-3(5)6;/h2,7H,1H2,(H3,5,6);/q-1;. The average Bonchev–Trinajstić information content (AvgIpc) is 1.65. The first-order valence-corrected chi connectivity index (χ1v) is 1.91. The molecule has 0 aliphatic rings. The molecule has 0 amide bonds. The average molecular weight is 349 g/mol. The van der Waals surface area contributed by atoms with Gasteiger partial charge in [0.25, 0.3) is 0 Å². The summed E-state index contributed by atoms with van der Waals surface area (Å²) in [5, 5.41) is 13.4. The fourth-order valence-corrected chi connectivity index (χ4v) is 0.193. The molecule has 9 heavy (non-hydrogen) atoms. The topological polar surface area (TPSA) is 86.1 Å². The number of nitrogens with two attached hydrogens (primary N) is 1. The summed E-state index contributed by atoms with van der Waals surface area (Å²) in [6.07, 6.45) is 1.10. The predicted molar refractivity (Wildman–Crippen MR) is 33.5 cm³/mol. The van der Waals surface area contributed by atoms with Crippen LogP contribution in [0.3, 0.4) is 0 Å². The van der Waals surface area contributed by atoms with Crippen molar-refractivity contribution in [1.82, 2.24) is 0 Å². The van der Waals surface area contributed by atoms with Gasteiger partial charge in [0, 0.05) is 31.1 Å². The Labute approximate surface area is 77.3 Å². The molecule has 4 nitrogen and oxygen atoms in total. The fourth-order valence-electron chi connectivity index (χ4n) is 0.193. The summed E-state index contributed by atoms with van der Waals surface area (Å²) < 4.78 is 0. The summed E-state index contributed by atoms with van der Waals surface area (Å²) >= 11 is 0. The molecule has 48 valence electrons. The van der Waals surface area contributed by atoms with Crippen molar-refractivity contribution in [3.05, 3.63) is 6.42 Å². The molecule has 0 aromatic rings. The van der Waals surface area contributed by atoms with E-state index >= 15 is 0 Å². The van der Waals surface area contributed by atoms with E-state index in [1.807, 2.05) is 0 Å². The van der Waals surface area contributed by atoms with Crippen LogP contribution in [0.5, 0.6) is 0 Å². The van der Waals surface area contributed by atoms with Crippen LogP contribution in [0.2, 0.25) is 0 Å². The molecule has 0 rings (SSSR count). The van der Waals surface area contributed by atoms with Gasteiger partial charge in [0.05, 0.1) is 0 Å². The zero-order chi connectivity index (χ0) is 6.57. The molecule has 0 fully saturated rings. The number of hydrogen-bond acceptors (Lipinski definition) is 2. The van der Waals surface area contributed by atoms with E-state index in [1.54, 1.807) is 0 Å². The van der Waals surface area contributed by atoms with Crippen LogP contribution in [0.25, 0.3) is 0 Å². The van der Waals surface area contributed by atoms with E-state index in [0.717, 1.165) is 6.42 Å². The van der Waals surface area contributed by atoms with Crippen LogP contribution in [0.4, 0.5) is 0 Å². The van der Waals surface area contributed by atoms with Crippen molar-refractivity contribution in [3.63, 3.8) is 0 Å². The van der Waals surface area contributed by atoms with Gasteiger partial charge < -0.3 is 16.6 Å². The van der Waals surface area contributed by atoms with Gasteiger partial charge in [-0.15, -0.1) is 0 Å². The first-order chi connectivity index (χ1) is 3.66. The second kappa shape index (κ2) is 5.86. The minimum absolute atomic E-state index is 0. The maximum Gasteiger partial charge on any atom is 0 e. The quantitative estimate of drug-likeness (QED) is 0.360. The molecule has 0 spiro atoms. The summed E-state index contributed by atoms with van der Waals surface area (Å²) in [5.74, 6) is -0.264. The third-order valence-corrected chi connectivity index (χ3v) is 0.463. The largest absolute Gasteiger partial charge is 0.412 e. The molecule has 0 atom stereocenters. The van der Waals surface area contributed by atoms with Crippen LogP contribution >= 0.6 is 0 Å². The van der Waals surface area contributed by atoms with Gasteiger partial charge in [0.1, 0.15) is 0 Å². The molecule has 0 saturated carbocycles. The van der Waals surface area contributed by atoms with Crippen molar-refractivity contribution in [3.8, 4) is 0 Å². The minimum atomic E-state index is -0.178. The minimum Gasteiger partial charge on any atom is -0.412 e. The number of aliphatic imine (C=N–C) groups is 1. The van der Waals surface area contributed by atoms with Gasteiger partial charge in [-0.25, -0.2) is 0 Å². The summed E-state index contributed by atoms with van der Waals surface area (Å²) in [4.78, 5) is 3.19. The first kappa shape index (κ1) is 11.5. The number of hydrogen-bond donors (Lipinski definition) is 3. The number of rotatable bonds is 2. The normalized spacial score (nSPS) is 6.67. The Morgan fingerprint density at radius 2 is 2.00 bits per heavy atom. The Morgan fingerprint density at radius 3 is 2.11 bits per heavy atom. The molecule has 0 aromatic carbocycles. The Balaban J connectivity index is 0. The van der Waals surface area contributed by atoms with Gasteiger partial charge in [-0.3, -0.25) is 11.4 Å². The van der Waals surface area contributed by atoms with E-state index in [2.05, 4.69) is 11.7 Å². The monoisotopic (exact) mass is 349 g/mol. The maximum absolute atomic E-state index is 6.76. The molecule has 0 radical (unpaired) electrons. The van der Waals surface area contributed by atoms with E-state index in [1.165, 1.54) is 0 Å². The Kier molecular flexibility index (Phi) is 7.50. The summed E-state index contributed by atoms with van der Waals surface area (Å²) in [5.41, 5.74) is 4.87. The van der Waals surface area contributed by atoms with Crippen LogP contribution in [0.1, 0.15) is 0 Å². The molecule has 0 bridgehead atoms. The number of nitrogens with zero attached hydrogens (tertiary/aromatic N) is 1. The van der Waals surface area contributed by atoms with Crippen LogP contribution < -0.4 is 5.73 Å². The van der Waals surface area contributed by atoms with Gasteiger partial charge in [0.2, 0.25) is 0 Å². The van der Waals surface area contributed by atoms with Crippen LogP contribution in [-0.2, 0) is 0 Å². The number of amidine groups is 2. The van der Waals surface area contributed by atoms with E-state index in [4.69, 9.17) is 16.6 Å². The second-order valence-electron chi connectivity index (χ2n) is 1.14. The SMILES string of the molecule is C=NC(=N)[CH-]C(=N)N.[U]. The Hall–Kier alpha value is -0.268. The molecular weight excluding hydrogens is 342 g/mol. The molecule has 0 saturated heterocycles. The molecule has 5 heteroatoms. The van der Waals surface area contributed by atoms with E-state index in [0.29, 0.717) is 0 Å². The second-order valence-corrected chi connectivity index (χ2v) is 1.14. The Bertz CT molecular complexity index is 131. The predicted octanol–water partition coefficient (Wildman–Crippen LogP) is -0.195. The Morgan fingerprint density at radius 1 is 1.56 bits per heavy atom. The molecule has 0 unspecified atom stereocenters. The van der Waals surface area contributed by atoms with Gasteiger partial charge >= 0.3 is 0 Å². The third kappa shape index (κ3) is 7.73. The first-order valence-electron chi connectivity index (χ1n) is 1.91. The molecular formula is C4H7N4U-. The van der Waals surface area contributed by atoms with E-state index < -0.39 is 0 Å². The van der Waals surface area contributed by atoms with E-state index in [9.17, 15) is 0 Å². The van der Waals surface area contributed by atoms with Crippen molar-refractivity contribution in [2.45, 2.75) is 0 Å². The fraction of sp³-hybridized carbons (Fsp3) is 0.